The number of Topliss-reactive ketones (excluding diaryl/α,β-unsaturated/α-hetero) is 1. The van der Waals surface area contributed by atoms with Gasteiger partial charge in [0.15, 0.2) is 11.9 Å². The van der Waals surface area contributed by atoms with Gasteiger partial charge in [0.2, 0.25) is 5.78 Å². The number of benzene rings is 1. The zero-order valence-electron chi connectivity index (χ0n) is 13.4. The SMILES string of the molecule is CC(OC(=O)CNC(=O)c1ccco1)C(=O)c1c[nH]c2ccccc12. The Balaban J connectivity index is 1.57. The molecule has 1 atom stereocenters. The van der Waals surface area contributed by atoms with E-state index in [0.29, 0.717) is 5.56 Å². The van der Waals surface area contributed by atoms with Crippen molar-refractivity contribution in [2.75, 3.05) is 6.54 Å². The predicted molar refractivity (Wildman–Crippen MR) is 89.2 cm³/mol. The molecule has 25 heavy (non-hydrogen) atoms. The van der Waals surface area contributed by atoms with E-state index in [2.05, 4.69) is 10.3 Å². The van der Waals surface area contributed by atoms with Crippen LogP contribution < -0.4 is 5.32 Å². The van der Waals surface area contributed by atoms with Gasteiger partial charge in [0.1, 0.15) is 6.54 Å². The van der Waals surface area contributed by atoms with Crippen molar-refractivity contribution in [3.05, 3.63) is 60.2 Å². The number of fused-ring (bicyclic) bond motifs is 1. The lowest BCUT2D eigenvalue weighted by Gasteiger charge is -2.12. The number of aromatic nitrogens is 1. The molecule has 128 valence electrons. The van der Waals surface area contributed by atoms with Gasteiger partial charge in [-0.05, 0) is 25.1 Å². The van der Waals surface area contributed by atoms with E-state index in [1.54, 1.807) is 12.3 Å². The maximum Gasteiger partial charge on any atom is 0.326 e. The number of ketones is 1. The molecule has 0 saturated heterocycles. The zero-order chi connectivity index (χ0) is 17.8. The maximum absolute atomic E-state index is 12.5. The first kappa shape index (κ1) is 16.5. The summed E-state index contributed by atoms with van der Waals surface area (Å²) < 4.78 is 10.0. The van der Waals surface area contributed by atoms with Crippen molar-refractivity contribution in [1.29, 1.82) is 0 Å². The van der Waals surface area contributed by atoms with Crippen LogP contribution in [0.2, 0.25) is 0 Å². The largest absolute Gasteiger partial charge is 0.459 e. The minimum atomic E-state index is -0.966. The third kappa shape index (κ3) is 3.60. The quantitative estimate of drug-likeness (QED) is 0.530. The van der Waals surface area contributed by atoms with Gasteiger partial charge in [-0.1, -0.05) is 18.2 Å². The number of hydrogen-bond acceptors (Lipinski definition) is 5. The summed E-state index contributed by atoms with van der Waals surface area (Å²) in [6, 6.07) is 10.4. The molecule has 1 amide bonds. The number of carbonyl (C=O) groups is 3. The number of aromatic amines is 1. The van der Waals surface area contributed by atoms with Crippen LogP contribution in [0.3, 0.4) is 0 Å². The third-order valence-corrected chi connectivity index (χ3v) is 3.67. The Morgan fingerprint density at radius 1 is 1.20 bits per heavy atom. The topological polar surface area (TPSA) is 101 Å². The molecular formula is C18H16N2O5. The Morgan fingerprint density at radius 2 is 2.00 bits per heavy atom. The van der Waals surface area contributed by atoms with Crippen LogP contribution in [0.5, 0.6) is 0 Å². The van der Waals surface area contributed by atoms with Crippen molar-refractivity contribution in [1.82, 2.24) is 10.3 Å². The smallest absolute Gasteiger partial charge is 0.326 e. The Morgan fingerprint density at radius 3 is 2.76 bits per heavy atom. The van der Waals surface area contributed by atoms with Gasteiger partial charge < -0.3 is 19.5 Å². The van der Waals surface area contributed by atoms with Gasteiger partial charge in [0, 0.05) is 22.7 Å². The van der Waals surface area contributed by atoms with E-state index in [1.165, 1.54) is 19.3 Å². The Bertz CT molecular complexity index is 911. The standard InChI is InChI=1S/C18H16N2O5/c1-11(17(22)13-9-19-14-6-3-2-5-12(13)14)25-16(21)10-20-18(23)15-7-4-8-24-15/h2-9,11,19H,10H2,1H3,(H,20,23). The molecular weight excluding hydrogens is 324 g/mol. The van der Waals surface area contributed by atoms with E-state index >= 15 is 0 Å². The van der Waals surface area contributed by atoms with Crippen molar-refractivity contribution >= 4 is 28.6 Å². The first-order valence-electron chi connectivity index (χ1n) is 7.68. The van der Waals surface area contributed by atoms with E-state index in [9.17, 15) is 14.4 Å². The van der Waals surface area contributed by atoms with Crippen molar-refractivity contribution in [2.24, 2.45) is 0 Å². The fraction of sp³-hybridized carbons (Fsp3) is 0.167. The molecule has 7 heteroatoms. The maximum atomic E-state index is 12.5. The second-order valence-corrected chi connectivity index (χ2v) is 5.40. The molecule has 2 aromatic heterocycles. The molecule has 2 N–H and O–H groups in total. The molecule has 0 aliphatic heterocycles. The number of H-pyrrole nitrogens is 1. The highest BCUT2D eigenvalue weighted by atomic mass is 16.5. The molecule has 1 aromatic carbocycles. The Hall–Kier alpha value is -3.35. The van der Waals surface area contributed by atoms with Gasteiger partial charge >= 0.3 is 5.97 Å². The summed E-state index contributed by atoms with van der Waals surface area (Å²) in [5, 5.41) is 3.13. The average Bonchev–Trinajstić information content (AvgIpc) is 3.28. The van der Waals surface area contributed by atoms with E-state index in [1.807, 2.05) is 24.3 Å². The van der Waals surface area contributed by atoms with Crippen molar-refractivity contribution < 1.29 is 23.5 Å². The Kier molecular flexibility index (Phi) is 4.65. The number of hydrogen-bond donors (Lipinski definition) is 2. The van der Waals surface area contributed by atoms with Crippen molar-refractivity contribution in [2.45, 2.75) is 13.0 Å². The van der Waals surface area contributed by atoms with E-state index in [4.69, 9.17) is 9.15 Å². The number of esters is 1. The number of furan rings is 1. The van der Waals surface area contributed by atoms with Gasteiger partial charge in [0.25, 0.3) is 5.91 Å². The summed E-state index contributed by atoms with van der Waals surface area (Å²) in [7, 11) is 0. The summed E-state index contributed by atoms with van der Waals surface area (Å²) in [5.41, 5.74) is 1.28. The van der Waals surface area contributed by atoms with Gasteiger partial charge in [-0.2, -0.15) is 0 Å². The summed E-state index contributed by atoms with van der Waals surface area (Å²) in [6.45, 7) is 1.14. The third-order valence-electron chi connectivity index (χ3n) is 3.67. The van der Waals surface area contributed by atoms with Gasteiger partial charge in [-0.15, -0.1) is 0 Å². The molecule has 0 radical (unpaired) electrons. The number of rotatable bonds is 6. The molecule has 3 aromatic rings. The van der Waals surface area contributed by atoms with Gasteiger partial charge in [0.05, 0.1) is 6.26 Å². The summed E-state index contributed by atoms with van der Waals surface area (Å²) in [4.78, 5) is 39.0. The fourth-order valence-electron chi connectivity index (χ4n) is 2.43. The first-order valence-corrected chi connectivity index (χ1v) is 7.68. The molecule has 2 heterocycles. The van der Waals surface area contributed by atoms with Crippen LogP contribution in [0.15, 0.2) is 53.3 Å². The first-order chi connectivity index (χ1) is 12.1. The number of para-hydroxylation sites is 1. The highest BCUT2D eigenvalue weighted by Crippen LogP contribution is 2.19. The number of carbonyl (C=O) groups excluding carboxylic acids is 3. The van der Waals surface area contributed by atoms with Gasteiger partial charge in [-0.3, -0.25) is 14.4 Å². The van der Waals surface area contributed by atoms with Crippen LogP contribution in [0.25, 0.3) is 10.9 Å². The number of ether oxygens (including phenoxy) is 1. The van der Waals surface area contributed by atoms with Crippen molar-refractivity contribution in [3.63, 3.8) is 0 Å². The van der Waals surface area contributed by atoms with E-state index in [-0.39, 0.29) is 18.1 Å². The van der Waals surface area contributed by atoms with E-state index < -0.39 is 18.0 Å². The number of nitrogens with one attached hydrogen (secondary N) is 2. The molecule has 0 bridgehead atoms. The normalized spacial score (nSPS) is 11.9. The Labute approximate surface area is 143 Å². The van der Waals surface area contributed by atoms with Crippen LogP contribution >= 0.6 is 0 Å². The minimum absolute atomic E-state index is 0.0933. The highest BCUT2D eigenvalue weighted by Gasteiger charge is 2.22. The second kappa shape index (κ2) is 7.04. The van der Waals surface area contributed by atoms with Crippen molar-refractivity contribution in [3.8, 4) is 0 Å². The molecule has 7 nitrogen and oxygen atoms in total. The van der Waals surface area contributed by atoms with Crippen LogP contribution in [0.4, 0.5) is 0 Å². The van der Waals surface area contributed by atoms with Crippen LogP contribution in [0, 0.1) is 0 Å². The molecule has 1 unspecified atom stereocenters. The molecule has 0 saturated carbocycles. The lowest BCUT2D eigenvalue weighted by molar-refractivity contribution is -0.145. The van der Waals surface area contributed by atoms with E-state index in [0.717, 1.165) is 10.9 Å². The second-order valence-electron chi connectivity index (χ2n) is 5.40. The fourth-order valence-corrected chi connectivity index (χ4v) is 2.43. The summed E-state index contributed by atoms with van der Waals surface area (Å²) in [5.74, 6) is -1.46. The zero-order valence-corrected chi connectivity index (χ0v) is 13.4. The lowest BCUT2D eigenvalue weighted by atomic mass is 10.1. The van der Waals surface area contributed by atoms with Crippen LogP contribution in [-0.4, -0.2) is 35.3 Å². The number of amides is 1. The monoisotopic (exact) mass is 340 g/mol. The lowest BCUT2D eigenvalue weighted by Crippen LogP contribution is -2.33. The summed E-state index contributed by atoms with van der Waals surface area (Å²) >= 11 is 0. The molecule has 0 fully saturated rings. The summed E-state index contributed by atoms with van der Waals surface area (Å²) in [6.07, 6.45) is 1.98. The predicted octanol–water partition coefficient (Wildman–Crippen LogP) is 2.31. The van der Waals surface area contributed by atoms with Crippen LogP contribution in [-0.2, 0) is 9.53 Å². The average molecular weight is 340 g/mol. The molecule has 0 aliphatic rings. The van der Waals surface area contributed by atoms with Crippen LogP contribution in [0.1, 0.15) is 27.8 Å². The highest BCUT2D eigenvalue weighted by molar-refractivity contribution is 6.10. The molecule has 3 rings (SSSR count). The molecule has 0 aliphatic carbocycles. The molecule has 0 spiro atoms. The van der Waals surface area contributed by atoms with Gasteiger partial charge in [-0.25, -0.2) is 0 Å². The minimum Gasteiger partial charge on any atom is -0.459 e.